The van der Waals surface area contributed by atoms with Crippen LogP contribution in [0.1, 0.15) is 25.3 Å². The van der Waals surface area contributed by atoms with E-state index in [2.05, 4.69) is 43.3 Å². The Labute approximate surface area is 100 Å². The van der Waals surface area contributed by atoms with Gasteiger partial charge in [0.25, 0.3) is 0 Å². The first-order valence-corrected chi connectivity index (χ1v) is 6.80. The number of rotatable bonds is 2. The summed E-state index contributed by atoms with van der Waals surface area (Å²) in [5.41, 5.74) is 4.48. The van der Waals surface area contributed by atoms with E-state index >= 15 is 0 Å². The van der Waals surface area contributed by atoms with E-state index in [1.165, 1.54) is 48.4 Å². The van der Waals surface area contributed by atoms with Gasteiger partial charge in [-0.2, -0.15) is 0 Å². The van der Waals surface area contributed by atoms with Crippen molar-refractivity contribution >= 4 is 5.57 Å². The normalized spacial score (nSPS) is 15.9. The van der Waals surface area contributed by atoms with Gasteiger partial charge in [0.2, 0.25) is 0 Å². The summed E-state index contributed by atoms with van der Waals surface area (Å²) in [6, 6.07) is 10.7. The van der Waals surface area contributed by atoms with Gasteiger partial charge in [0.1, 0.15) is 0 Å². The minimum atomic E-state index is 1.19. The standard InChI is InChI=1S/C13H13.Hf/c1-2-11-8-9-13(10-11)12-6-4-3-5-7-12;/h3-7,10H,2,8H2,1H3;. The number of hydrogen-bond donors (Lipinski definition) is 0. The summed E-state index contributed by atoms with van der Waals surface area (Å²) in [7, 11) is 0. The summed E-state index contributed by atoms with van der Waals surface area (Å²) in [5, 5.41) is 0. The molecule has 0 saturated carbocycles. The third kappa shape index (κ3) is 1.98. The second-order valence-electron chi connectivity index (χ2n) is 3.59. The van der Waals surface area contributed by atoms with Crippen molar-refractivity contribution in [3.8, 4) is 0 Å². The van der Waals surface area contributed by atoms with Crippen LogP contribution in [0.5, 0.6) is 0 Å². The SMILES string of the molecule is CCC1=CC(c2ccccc2)=[C]([Hf])C1. The molecule has 0 bridgehead atoms. The Balaban J connectivity index is 2.36. The summed E-state index contributed by atoms with van der Waals surface area (Å²) in [4.78, 5) is 0. The van der Waals surface area contributed by atoms with Crippen LogP contribution in [0.15, 0.2) is 45.3 Å². The third-order valence-corrected chi connectivity index (χ3v) is 4.22. The predicted octanol–water partition coefficient (Wildman–Crippen LogP) is 3.68. The van der Waals surface area contributed by atoms with E-state index in [9.17, 15) is 0 Å². The van der Waals surface area contributed by atoms with Gasteiger partial charge in [-0.25, -0.2) is 0 Å². The molecular formula is C13H13Hf. The van der Waals surface area contributed by atoms with Crippen molar-refractivity contribution in [3.05, 3.63) is 50.9 Å². The Hall–Kier alpha value is -0.430. The molecule has 1 heteroatoms. The van der Waals surface area contributed by atoms with Gasteiger partial charge in [-0.15, -0.1) is 0 Å². The first-order chi connectivity index (χ1) is 6.81. The predicted molar refractivity (Wildman–Crippen MR) is 56.4 cm³/mol. The van der Waals surface area contributed by atoms with E-state index in [1.54, 1.807) is 8.90 Å². The molecule has 1 aliphatic carbocycles. The summed E-state index contributed by atoms with van der Waals surface area (Å²) in [6.45, 7) is 2.24. The van der Waals surface area contributed by atoms with Gasteiger partial charge in [-0.05, 0) is 0 Å². The quantitative estimate of drug-likeness (QED) is 0.716. The molecule has 0 aromatic heterocycles. The van der Waals surface area contributed by atoms with E-state index in [1.807, 2.05) is 0 Å². The molecule has 0 unspecified atom stereocenters. The van der Waals surface area contributed by atoms with Crippen LogP contribution in [-0.4, -0.2) is 0 Å². The molecule has 1 aromatic carbocycles. The van der Waals surface area contributed by atoms with Crippen molar-refractivity contribution in [3.63, 3.8) is 0 Å². The summed E-state index contributed by atoms with van der Waals surface area (Å²) in [5.74, 6) is 0. The molecule has 0 radical (unpaired) electrons. The third-order valence-electron chi connectivity index (χ3n) is 2.62. The summed E-state index contributed by atoms with van der Waals surface area (Å²) < 4.78 is 1.65. The first kappa shape index (κ1) is 10.1. The zero-order valence-corrected chi connectivity index (χ0v) is 12.0. The van der Waals surface area contributed by atoms with Crippen LogP contribution < -0.4 is 0 Å². The molecule has 0 saturated heterocycles. The number of hydrogen-bond acceptors (Lipinski definition) is 0. The van der Waals surface area contributed by atoms with Crippen LogP contribution in [-0.2, 0) is 24.4 Å². The van der Waals surface area contributed by atoms with Crippen molar-refractivity contribution in [2.75, 3.05) is 0 Å². The molecule has 0 N–H and O–H groups in total. The molecule has 2 rings (SSSR count). The zero-order valence-electron chi connectivity index (χ0n) is 8.38. The van der Waals surface area contributed by atoms with Gasteiger partial charge < -0.3 is 0 Å². The van der Waals surface area contributed by atoms with Crippen molar-refractivity contribution in [2.45, 2.75) is 19.8 Å². The maximum absolute atomic E-state index is 2.39. The van der Waals surface area contributed by atoms with Gasteiger partial charge in [0.15, 0.2) is 0 Å². The topological polar surface area (TPSA) is 0 Å². The van der Waals surface area contributed by atoms with E-state index in [4.69, 9.17) is 0 Å². The van der Waals surface area contributed by atoms with Gasteiger partial charge >= 0.3 is 101 Å². The Morgan fingerprint density at radius 3 is 2.50 bits per heavy atom. The Morgan fingerprint density at radius 1 is 1.21 bits per heavy atom. The average molecular weight is 348 g/mol. The molecule has 1 aliphatic rings. The fourth-order valence-electron chi connectivity index (χ4n) is 1.77. The number of allylic oxidation sites excluding steroid dienone is 4. The molecule has 0 fully saturated rings. The maximum atomic E-state index is 2.39. The molecule has 14 heavy (non-hydrogen) atoms. The van der Waals surface area contributed by atoms with E-state index in [0.29, 0.717) is 0 Å². The fraction of sp³-hybridized carbons (Fsp3) is 0.231. The van der Waals surface area contributed by atoms with Crippen LogP contribution in [0.4, 0.5) is 0 Å². The van der Waals surface area contributed by atoms with E-state index in [0.717, 1.165) is 0 Å². The fourth-order valence-corrected chi connectivity index (χ4v) is 3.36. The van der Waals surface area contributed by atoms with Gasteiger partial charge in [0, 0.05) is 0 Å². The van der Waals surface area contributed by atoms with E-state index < -0.39 is 0 Å². The monoisotopic (exact) mass is 349 g/mol. The van der Waals surface area contributed by atoms with E-state index in [-0.39, 0.29) is 0 Å². The van der Waals surface area contributed by atoms with Crippen molar-refractivity contribution in [1.29, 1.82) is 0 Å². The van der Waals surface area contributed by atoms with Gasteiger partial charge in [0.05, 0.1) is 0 Å². The van der Waals surface area contributed by atoms with Crippen LogP contribution in [0.25, 0.3) is 5.57 Å². The molecule has 0 aliphatic heterocycles. The van der Waals surface area contributed by atoms with Crippen LogP contribution in [0.2, 0.25) is 0 Å². The average Bonchev–Trinajstić information content (AvgIpc) is 2.61. The molecule has 0 amide bonds. The van der Waals surface area contributed by atoms with Gasteiger partial charge in [-0.1, -0.05) is 0 Å². The second kappa shape index (κ2) is 4.39. The summed E-state index contributed by atoms with van der Waals surface area (Å²) in [6.07, 6.45) is 4.81. The van der Waals surface area contributed by atoms with Crippen LogP contribution in [0.3, 0.4) is 0 Å². The molecular weight excluding hydrogens is 335 g/mol. The minimum absolute atomic E-state index is 1.19. The van der Waals surface area contributed by atoms with Gasteiger partial charge in [-0.3, -0.25) is 0 Å². The molecule has 0 nitrogen and oxygen atoms in total. The van der Waals surface area contributed by atoms with Crippen LogP contribution >= 0.6 is 0 Å². The Kier molecular flexibility index (Phi) is 3.17. The molecule has 0 heterocycles. The molecule has 0 spiro atoms. The van der Waals surface area contributed by atoms with Crippen LogP contribution in [0, 0.1) is 0 Å². The first-order valence-electron chi connectivity index (χ1n) is 5.01. The van der Waals surface area contributed by atoms with Crippen molar-refractivity contribution < 1.29 is 24.4 Å². The van der Waals surface area contributed by atoms with Crippen molar-refractivity contribution in [2.24, 2.45) is 0 Å². The second-order valence-corrected chi connectivity index (χ2v) is 5.76. The Morgan fingerprint density at radius 2 is 1.93 bits per heavy atom. The molecule has 69 valence electrons. The summed E-state index contributed by atoms with van der Waals surface area (Å²) >= 11 is 1.19. The molecule has 1 aromatic rings. The zero-order chi connectivity index (χ0) is 9.97. The number of benzene rings is 1. The molecule has 0 atom stereocenters. The van der Waals surface area contributed by atoms with Crippen molar-refractivity contribution in [1.82, 2.24) is 0 Å². The Bertz CT molecular complexity index is 385.